The van der Waals surface area contributed by atoms with Crippen LogP contribution in [0.5, 0.6) is 0 Å². The monoisotopic (exact) mass is 218 g/mol. The highest BCUT2D eigenvalue weighted by Crippen LogP contribution is 2.16. The standard InChI is InChI=1S/C12H18N4/c1-10-5-7-16(8-6-10)12-4-3-11(9-13-2)14-15-12/h3-5,13H,6-9H2,1-2H3. The van der Waals surface area contributed by atoms with Crippen molar-refractivity contribution in [2.45, 2.75) is 19.9 Å². The van der Waals surface area contributed by atoms with Crippen LogP contribution in [0.4, 0.5) is 5.82 Å². The Morgan fingerprint density at radius 1 is 1.38 bits per heavy atom. The quantitative estimate of drug-likeness (QED) is 0.778. The van der Waals surface area contributed by atoms with Gasteiger partial charge in [-0.2, -0.15) is 5.10 Å². The summed E-state index contributed by atoms with van der Waals surface area (Å²) in [6.07, 6.45) is 3.38. The summed E-state index contributed by atoms with van der Waals surface area (Å²) in [5.41, 5.74) is 2.45. The Balaban J connectivity index is 2.04. The summed E-state index contributed by atoms with van der Waals surface area (Å²) >= 11 is 0. The van der Waals surface area contributed by atoms with Crippen molar-refractivity contribution in [2.24, 2.45) is 0 Å². The number of hydrogen-bond acceptors (Lipinski definition) is 4. The van der Waals surface area contributed by atoms with Crippen molar-refractivity contribution in [3.05, 3.63) is 29.5 Å². The third kappa shape index (κ3) is 2.58. The van der Waals surface area contributed by atoms with E-state index in [2.05, 4.69) is 33.4 Å². The number of nitrogens with one attached hydrogen (secondary N) is 1. The lowest BCUT2D eigenvalue weighted by molar-refractivity contribution is 0.737. The van der Waals surface area contributed by atoms with Crippen LogP contribution >= 0.6 is 0 Å². The van der Waals surface area contributed by atoms with E-state index in [0.717, 1.165) is 37.6 Å². The molecule has 4 heteroatoms. The fraction of sp³-hybridized carbons (Fsp3) is 0.500. The predicted molar refractivity (Wildman–Crippen MR) is 65.4 cm³/mol. The molecule has 4 nitrogen and oxygen atoms in total. The third-order valence-corrected chi connectivity index (χ3v) is 2.82. The van der Waals surface area contributed by atoms with E-state index < -0.39 is 0 Å². The van der Waals surface area contributed by atoms with Crippen LogP contribution < -0.4 is 10.2 Å². The number of hydrogen-bond donors (Lipinski definition) is 1. The van der Waals surface area contributed by atoms with Gasteiger partial charge in [-0.25, -0.2) is 0 Å². The van der Waals surface area contributed by atoms with Gasteiger partial charge in [0.1, 0.15) is 0 Å². The predicted octanol–water partition coefficient (Wildman–Crippen LogP) is 1.35. The molecule has 1 aromatic heterocycles. The first-order valence-corrected chi connectivity index (χ1v) is 5.67. The van der Waals surface area contributed by atoms with Gasteiger partial charge in [-0.3, -0.25) is 0 Å². The Labute approximate surface area is 96.4 Å². The first-order chi connectivity index (χ1) is 7.79. The topological polar surface area (TPSA) is 41.0 Å². The zero-order valence-corrected chi connectivity index (χ0v) is 9.90. The van der Waals surface area contributed by atoms with E-state index >= 15 is 0 Å². The first kappa shape index (κ1) is 11.1. The van der Waals surface area contributed by atoms with Gasteiger partial charge in [0.05, 0.1) is 5.69 Å². The van der Waals surface area contributed by atoms with Crippen LogP contribution in [0.3, 0.4) is 0 Å². The van der Waals surface area contributed by atoms with Crippen molar-refractivity contribution in [1.82, 2.24) is 15.5 Å². The molecule has 0 unspecified atom stereocenters. The van der Waals surface area contributed by atoms with Gasteiger partial charge in [-0.05, 0) is 32.5 Å². The van der Waals surface area contributed by atoms with E-state index in [-0.39, 0.29) is 0 Å². The molecule has 0 aliphatic carbocycles. The first-order valence-electron chi connectivity index (χ1n) is 5.67. The fourth-order valence-electron chi connectivity index (χ4n) is 1.78. The van der Waals surface area contributed by atoms with E-state index in [1.807, 2.05) is 19.2 Å². The summed E-state index contributed by atoms with van der Waals surface area (Å²) in [6, 6.07) is 4.08. The summed E-state index contributed by atoms with van der Waals surface area (Å²) in [7, 11) is 1.91. The maximum atomic E-state index is 4.25. The van der Waals surface area contributed by atoms with Crippen LogP contribution in [0.1, 0.15) is 19.0 Å². The smallest absolute Gasteiger partial charge is 0.151 e. The number of rotatable bonds is 3. The average Bonchev–Trinajstić information content (AvgIpc) is 2.32. The maximum Gasteiger partial charge on any atom is 0.151 e. The molecule has 1 aliphatic rings. The van der Waals surface area contributed by atoms with Gasteiger partial charge in [-0.1, -0.05) is 11.6 Å². The zero-order valence-electron chi connectivity index (χ0n) is 9.90. The molecule has 0 saturated heterocycles. The average molecular weight is 218 g/mol. The highest BCUT2D eigenvalue weighted by Gasteiger charge is 2.11. The van der Waals surface area contributed by atoms with Crippen molar-refractivity contribution < 1.29 is 0 Å². The van der Waals surface area contributed by atoms with E-state index in [4.69, 9.17) is 0 Å². The summed E-state index contributed by atoms with van der Waals surface area (Å²) < 4.78 is 0. The molecular formula is C12H18N4. The zero-order chi connectivity index (χ0) is 11.4. The minimum atomic E-state index is 0.770. The van der Waals surface area contributed by atoms with E-state index in [1.54, 1.807) is 0 Å². The van der Waals surface area contributed by atoms with Gasteiger partial charge in [0.25, 0.3) is 0 Å². The molecule has 1 aromatic rings. The lowest BCUT2D eigenvalue weighted by Gasteiger charge is -2.25. The highest BCUT2D eigenvalue weighted by molar-refractivity contribution is 5.40. The van der Waals surface area contributed by atoms with Crippen LogP contribution in [-0.2, 0) is 6.54 Å². The maximum absolute atomic E-state index is 4.25. The molecule has 2 rings (SSSR count). The molecule has 0 amide bonds. The van der Waals surface area contributed by atoms with Gasteiger partial charge in [-0.15, -0.1) is 5.10 Å². The number of nitrogens with zero attached hydrogens (tertiary/aromatic N) is 3. The van der Waals surface area contributed by atoms with Crippen molar-refractivity contribution >= 4 is 5.82 Å². The second-order valence-electron chi connectivity index (χ2n) is 4.16. The second kappa shape index (κ2) is 5.07. The molecule has 0 spiro atoms. The van der Waals surface area contributed by atoms with Crippen LogP contribution in [0.2, 0.25) is 0 Å². The molecule has 0 saturated carbocycles. The summed E-state index contributed by atoms with van der Waals surface area (Å²) in [6.45, 7) is 4.94. The van der Waals surface area contributed by atoms with Crippen molar-refractivity contribution in [3.63, 3.8) is 0 Å². The summed E-state index contributed by atoms with van der Waals surface area (Å²) in [5, 5.41) is 11.5. The van der Waals surface area contributed by atoms with Crippen LogP contribution in [-0.4, -0.2) is 30.3 Å². The Bertz CT molecular complexity index is 369. The van der Waals surface area contributed by atoms with E-state index in [0.29, 0.717) is 0 Å². The van der Waals surface area contributed by atoms with Crippen molar-refractivity contribution in [1.29, 1.82) is 0 Å². The number of anilines is 1. The van der Waals surface area contributed by atoms with E-state index in [1.165, 1.54) is 5.57 Å². The molecular weight excluding hydrogens is 200 g/mol. The second-order valence-corrected chi connectivity index (χ2v) is 4.16. The summed E-state index contributed by atoms with van der Waals surface area (Å²) in [4.78, 5) is 2.25. The molecule has 0 bridgehead atoms. The van der Waals surface area contributed by atoms with Crippen LogP contribution in [0.25, 0.3) is 0 Å². The van der Waals surface area contributed by atoms with Crippen molar-refractivity contribution in [2.75, 3.05) is 25.0 Å². The van der Waals surface area contributed by atoms with Crippen molar-refractivity contribution in [3.8, 4) is 0 Å². The van der Waals surface area contributed by atoms with Crippen LogP contribution in [0.15, 0.2) is 23.8 Å². The molecule has 1 aliphatic heterocycles. The Morgan fingerprint density at radius 2 is 2.25 bits per heavy atom. The van der Waals surface area contributed by atoms with Gasteiger partial charge in [0, 0.05) is 19.6 Å². The molecule has 2 heterocycles. The normalized spacial score (nSPS) is 16.1. The third-order valence-electron chi connectivity index (χ3n) is 2.82. The molecule has 16 heavy (non-hydrogen) atoms. The molecule has 0 atom stereocenters. The van der Waals surface area contributed by atoms with E-state index in [9.17, 15) is 0 Å². The minimum Gasteiger partial charge on any atom is -0.351 e. The van der Waals surface area contributed by atoms with Crippen LogP contribution in [0, 0.1) is 0 Å². The summed E-state index contributed by atoms with van der Waals surface area (Å²) in [5.74, 6) is 0.976. The SMILES string of the molecule is CNCc1ccc(N2CC=C(C)CC2)nn1. The molecule has 1 N–H and O–H groups in total. The van der Waals surface area contributed by atoms with Gasteiger partial charge >= 0.3 is 0 Å². The lowest BCUT2D eigenvalue weighted by Crippen LogP contribution is -2.29. The molecule has 86 valence electrons. The fourth-order valence-corrected chi connectivity index (χ4v) is 1.78. The Kier molecular flexibility index (Phi) is 3.51. The van der Waals surface area contributed by atoms with Gasteiger partial charge in [0.15, 0.2) is 5.82 Å². The Hall–Kier alpha value is -1.42. The largest absolute Gasteiger partial charge is 0.351 e. The number of aromatic nitrogens is 2. The van der Waals surface area contributed by atoms with Gasteiger partial charge in [0.2, 0.25) is 0 Å². The van der Waals surface area contributed by atoms with Gasteiger partial charge < -0.3 is 10.2 Å². The Morgan fingerprint density at radius 3 is 2.81 bits per heavy atom. The molecule has 0 aromatic carbocycles. The molecule has 0 fully saturated rings. The molecule has 0 radical (unpaired) electrons. The highest BCUT2D eigenvalue weighted by atomic mass is 15.3. The lowest BCUT2D eigenvalue weighted by atomic mass is 10.1. The minimum absolute atomic E-state index is 0.770.